The molecule has 0 aromatic heterocycles. The van der Waals surface area contributed by atoms with Crippen LogP contribution in [0.25, 0.3) is 0 Å². The van der Waals surface area contributed by atoms with Gasteiger partial charge in [0, 0.05) is 0 Å². The van der Waals surface area contributed by atoms with Crippen molar-refractivity contribution in [2.45, 2.75) is 99.6 Å². The Morgan fingerprint density at radius 3 is 1.68 bits per heavy atom. The lowest BCUT2D eigenvalue weighted by molar-refractivity contribution is -0.132. The number of carbonyl (C=O) groups is 1. The van der Waals surface area contributed by atoms with E-state index < -0.39 is 19.2 Å². The van der Waals surface area contributed by atoms with Gasteiger partial charge in [0.05, 0.1) is 19.8 Å². The predicted molar refractivity (Wildman–Crippen MR) is 143 cm³/mol. The molecule has 0 radical (unpaired) electrons. The molecule has 0 heterocycles. The SMILES string of the molecule is CCOP(=O)(OCC)C(C)C(=O)NOCC=C(C)CCC=C(C)CCC=C(C)CCC=C(C)C. The van der Waals surface area contributed by atoms with Crippen molar-refractivity contribution in [1.82, 2.24) is 5.48 Å². The van der Waals surface area contributed by atoms with Crippen molar-refractivity contribution < 1.29 is 23.2 Å². The second-order valence-corrected chi connectivity index (χ2v) is 11.2. The molecule has 0 spiro atoms. The Labute approximate surface area is 208 Å². The number of carbonyl (C=O) groups excluding carboxylic acids is 1. The number of hydroxylamine groups is 1. The van der Waals surface area contributed by atoms with Crippen LogP contribution in [0.5, 0.6) is 0 Å². The standard InChI is InChI=1S/C27H48NO5P/c1-9-32-34(30,33-10-2)26(8)27(29)28-31-21-20-25(7)19-13-18-24(6)17-12-16-23(5)15-11-14-22(3)4/h14,16,18,20,26H,9-13,15,17,19,21H2,1-8H3,(H,28,29). The molecule has 7 heteroatoms. The second-order valence-electron chi connectivity index (χ2n) is 8.88. The minimum absolute atomic E-state index is 0.207. The highest BCUT2D eigenvalue weighted by Gasteiger charge is 2.37. The van der Waals surface area contributed by atoms with Crippen LogP contribution in [0, 0.1) is 0 Å². The first kappa shape index (κ1) is 32.5. The molecule has 0 aliphatic heterocycles. The zero-order valence-electron chi connectivity index (χ0n) is 22.7. The molecule has 0 saturated heterocycles. The van der Waals surface area contributed by atoms with Gasteiger partial charge in [-0.2, -0.15) is 0 Å². The molecule has 1 amide bonds. The molecule has 0 saturated carbocycles. The van der Waals surface area contributed by atoms with Crippen molar-refractivity contribution in [3.05, 3.63) is 46.6 Å². The molecule has 1 N–H and O–H groups in total. The van der Waals surface area contributed by atoms with E-state index in [1.807, 2.05) is 13.0 Å². The van der Waals surface area contributed by atoms with E-state index in [4.69, 9.17) is 13.9 Å². The molecule has 0 aliphatic rings. The van der Waals surface area contributed by atoms with Gasteiger partial charge in [0.15, 0.2) is 0 Å². The van der Waals surface area contributed by atoms with Gasteiger partial charge < -0.3 is 9.05 Å². The second kappa shape index (κ2) is 18.8. The van der Waals surface area contributed by atoms with Crippen LogP contribution in [0.4, 0.5) is 0 Å². The number of amides is 1. The first-order valence-electron chi connectivity index (χ1n) is 12.5. The third-order valence-electron chi connectivity index (χ3n) is 5.31. The Balaban J connectivity index is 4.29. The van der Waals surface area contributed by atoms with Crippen LogP contribution in [0.1, 0.15) is 93.9 Å². The topological polar surface area (TPSA) is 73.9 Å². The first-order valence-corrected chi connectivity index (χ1v) is 14.1. The molecular weight excluding hydrogens is 449 g/mol. The quantitative estimate of drug-likeness (QED) is 0.0904. The molecule has 6 nitrogen and oxygen atoms in total. The fraction of sp³-hybridized carbons (Fsp3) is 0.667. The number of allylic oxidation sites excluding steroid dienone is 7. The third-order valence-corrected chi connectivity index (χ3v) is 7.73. The van der Waals surface area contributed by atoms with E-state index in [-0.39, 0.29) is 19.8 Å². The largest absolute Gasteiger partial charge is 0.342 e. The van der Waals surface area contributed by atoms with Gasteiger partial charge in [-0.05, 0) is 93.9 Å². The normalized spacial score (nSPS) is 14.2. The van der Waals surface area contributed by atoms with E-state index in [9.17, 15) is 9.36 Å². The highest BCUT2D eigenvalue weighted by atomic mass is 31.2. The summed E-state index contributed by atoms with van der Waals surface area (Å²) in [5, 5.41) is 0. The summed E-state index contributed by atoms with van der Waals surface area (Å²) in [5.74, 6) is -0.518. The maximum Gasteiger partial charge on any atom is 0.342 e. The Hall–Kier alpha value is -1.46. The van der Waals surface area contributed by atoms with Crippen molar-refractivity contribution in [2.24, 2.45) is 0 Å². The monoisotopic (exact) mass is 497 g/mol. The van der Waals surface area contributed by atoms with Gasteiger partial charge in [0.2, 0.25) is 0 Å². The molecular formula is C27H48NO5P. The van der Waals surface area contributed by atoms with Crippen molar-refractivity contribution in [1.29, 1.82) is 0 Å². The van der Waals surface area contributed by atoms with Gasteiger partial charge in [0.25, 0.3) is 5.91 Å². The summed E-state index contributed by atoms with van der Waals surface area (Å²) >= 11 is 0. The number of hydrogen-bond donors (Lipinski definition) is 1. The van der Waals surface area contributed by atoms with Gasteiger partial charge in [-0.3, -0.25) is 14.2 Å². The summed E-state index contributed by atoms with van der Waals surface area (Å²) in [6, 6.07) is 0. The minimum Gasteiger partial charge on any atom is -0.308 e. The first-order chi connectivity index (χ1) is 16.1. The van der Waals surface area contributed by atoms with Gasteiger partial charge in [-0.25, -0.2) is 5.48 Å². The van der Waals surface area contributed by atoms with Crippen molar-refractivity contribution in [3.63, 3.8) is 0 Å². The van der Waals surface area contributed by atoms with Crippen LogP contribution >= 0.6 is 7.60 Å². The zero-order valence-corrected chi connectivity index (χ0v) is 23.6. The maximum atomic E-state index is 12.6. The minimum atomic E-state index is -3.50. The zero-order chi connectivity index (χ0) is 26.0. The van der Waals surface area contributed by atoms with Crippen molar-refractivity contribution in [2.75, 3.05) is 19.8 Å². The van der Waals surface area contributed by atoms with Crippen molar-refractivity contribution >= 4 is 13.5 Å². The maximum absolute atomic E-state index is 12.6. The van der Waals surface area contributed by atoms with Crippen LogP contribution in [-0.4, -0.2) is 31.4 Å². The summed E-state index contributed by atoms with van der Waals surface area (Å²) in [6.07, 6.45) is 15.2. The third kappa shape index (κ3) is 15.4. The molecule has 0 fully saturated rings. The van der Waals surface area contributed by atoms with Gasteiger partial charge in [-0.15, -0.1) is 0 Å². The Kier molecular flexibility index (Phi) is 18.0. The summed E-state index contributed by atoms with van der Waals surface area (Å²) in [6.45, 7) is 16.3. The lowest BCUT2D eigenvalue weighted by atomic mass is 10.0. The average molecular weight is 498 g/mol. The number of rotatable bonds is 18. The van der Waals surface area contributed by atoms with Crippen LogP contribution in [-0.2, 0) is 23.2 Å². The molecule has 34 heavy (non-hydrogen) atoms. The summed E-state index contributed by atoms with van der Waals surface area (Å²) in [5.41, 5.74) is 6.85. The predicted octanol–water partition coefficient (Wildman–Crippen LogP) is 7.83. The highest BCUT2D eigenvalue weighted by molar-refractivity contribution is 7.55. The van der Waals surface area contributed by atoms with Crippen LogP contribution in [0.15, 0.2) is 46.6 Å². The number of nitrogens with one attached hydrogen (secondary N) is 1. The Bertz CT molecular complexity index is 753. The Morgan fingerprint density at radius 1 is 0.794 bits per heavy atom. The van der Waals surface area contributed by atoms with E-state index in [1.165, 1.54) is 29.2 Å². The van der Waals surface area contributed by atoms with Crippen LogP contribution < -0.4 is 5.48 Å². The Morgan fingerprint density at radius 2 is 1.24 bits per heavy atom. The van der Waals surface area contributed by atoms with Crippen LogP contribution in [0.3, 0.4) is 0 Å². The molecule has 196 valence electrons. The van der Waals surface area contributed by atoms with Crippen LogP contribution in [0.2, 0.25) is 0 Å². The molecule has 0 aromatic carbocycles. The average Bonchev–Trinajstić information content (AvgIpc) is 2.76. The van der Waals surface area contributed by atoms with Gasteiger partial charge in [0.1, 0.15) is 5.66 Å². The van der Waals surface area contributed by atoms with Gasteiger partial charge >= 0.3 is 7.60 Å². The van der Waals surface area contributed by atoms with E-state index in [2.05, 4.69) is 51.4 Å². The van der Waals surface area contributed by atoms with E-state index in [1.54, 1.807) is 13.8 Å². The van der Waals surface area contributed by atoms with Gasteiger partial charge in [-0.1, -0.05) is 46.6 Å². The smallest absolute Gasteiger partial charge is 0.308 e. The molecule has 0 aromatic rings. The van der Waals surface area contributed by atoms with E-state index >= 15 is 0 Å². The lowest BCUT2D eigenvalue weighted by Gasteiger charge is -2.22. The number of hydrogen-bond acceptors (Lipinski definition) is 5. The molecule has 0 bridgehead atoms. The molecule has 1 atom stereocenters. The molecule has 1 unspecified atom stereocenters. The summed E-state index contributed by atoms with van der Waals surface area (Å²) in [7, 11) is -3.50. The molecule has 0 rings (SSSR count). The fourth-order valence-corrected chi connectivity index (χ4v) is 4.71. The van der Waals surface area contributed by atoms with E-state index in [0.717, 1.165) is 38.5 Å². The fourth-order valence-electron chi connectivity index (χ4n) is 3.13. The van der Waals surface area contributed by atoms with E-state index in [0.29, 0.717) is 0 Å². The highest BCUT2D eigenvalue weighted by Crippen LogP contribution is 2.52. The summed E-state index contributed by atoms with van der Waals surface area (Å²) in [4.78, 5) is 17.5. The summed E-state index contributed by atoms with van der Waals surface area (Å²) < 4.78 is 23.1. The lowest BCUT2D eigenvalue weighted by Crippen LogP contribution is -2.33. The molecule has 0 aliphatic carbocycles. The van der Waals surface area contributed by atoms with Crippen molar-refractivity contribution in [3.8, 4) is 0 Å².